The normalized spacial score (nSPS) is 10.1. The van der Waals surface area contributed by atoms with Crippen LogP contribution in [-0.4, -0.2) is 12.1 Å². The number of methoxy groups -OCH3 is 1. The van der Waals surface area contributed by atoms with Gasteiger partial charge in [0.25, 0.3) is 0 Å². The highest BCUT2D eigenvalue weighted by atomic mass is 35.5. The third-order valence-corrected chi connectivity index (χ3v) is 2.46. The first-order chi connectivity index (χ1) is 7.65. The van der Waals surface area contributed by atoms with E-state index in [4.69, 9.17) is 21.6 Å². The number of benzene rings is 1. The highest BCUT2D eigenvalue weighted by molar-refractivity contribution is 6.35. The number of halogens is 2. The number of hydrogen-bond acceptors (Lipinski definition) is 3. The van der Waals surface area contributed by atoms with Gasteiger partial charge in [-0.3, -0.25) is 0 Å². The summed E-state index contributed by atoms with van der Waals surface area (Å²) in [6, 6.07) is 5.95. The zero-order valence-electron chi connectivity index (χ0n) is 8.29. The number of pyridine rings is 1. The maximum atomic E-state index is 13.4. The highest BCUT2D eigenvalue weighted by Crippen LogP contribution is 2.29. The third-order valence-electron chi connectivity index (χ3n) is 2.15. The molecule has 80 valence electrons. The molecule has 0 aliphatic heterocycles. The minimum atomic E-state index is -0.534. The summed E-state index contributed by atoms with van der Waals surface area (Å²) in [7, 11) is 1.37. The molecule has 0 spiro atoms. The van der Waals surface area contributed by atoms with Gasteiger partial charge in [0.1, 0.15) is 11.8 Å². The van der Waals surface area contributed by atoms with E-state index in [1.54, 1.807) is 0 Å². The molecule has 0 atom stereocenters. The fourth-order valence-corrected chi connectivity index (χ4v) is 1.65. The van der Waals surface area contributed by atoms with Gasteiger partial charge in [-0.2, -0.15) is 5.26 Å². The summed E-state index contributed by atoms with van der Waals surface area (Å²) < 4.78 is 18.2. The molecular formula is C11H6ClFN2O. The van der Waals surface area contributed by atoms with Crippen molar-refractivity contribution in [3.8, 4) is 11.8 Å². The molecule has 1 heterocycles. The molecule has 1 aromatic heterocycles. The van der Waals surface area contributed by atoms with Gasteiger partial charge in [-0.05, 0) is 12.1 Å². The predicted molar refractivity (Wildman–Crippen MR) is 58.0 cm³/mol. The van der Waals surface area contributed by atoms with E-state index >= 15 is 0 Å². The third kappa shape index (κ3) is 1.66. The van der Waals surface area contributed by atoms with Crippen LogP contribution >= 0.6 is 11.6 Å². The lowest BCUT2D eigenvalue weighted by Crippen LogP contribution is -1.91. The first-order valence-corrected chi connectivity index (χ1v) is 4.77. The van der Waals surface area contributed by atoms with Crippen LogP contribution in [-0.2, 0) is 0 Å². The molecule has 0 aliphatic carbocycles. The zero-order chi connectivity index (χ0) is 11.7. The van der Waals surface area contributed by atoms with E-state index in [9.17, 15) is 4.39 Å². The van der Waals surface area contributed by atoms with Gasteiger partial charge in [-0.15, -0.1) is 0 Å². The number of nitriles is 1. The Hall–Kier alpha value is -1.86. The SMILES string of the molecule is COc1cc2c(Cl)cc(C#N)nc2cc1F. The monoisotopic (exact) mass is 236 g/mol. The number of hydrogen-bond donors (Lipinski definition) is 0. The van der Waals surface area contributed by atoms with Crippen LogP contribution in [0.15, 0.2) is 18.2 Å². The van der Waals surface area contributed by atoms with E-state index in [-0.39, 0.29) is 11.4 Å². The zero-order valence-corrected chi connectivity index (χ0v) is 9.05. The minimum absolute atomic E-state index is 0.0981. The fraction of sp³-hybridized carbons (Fsp3) is 0.0909. The van der Waals surface area contributed by atoms with Gasteiger partial charge in [0.05, 0.1) is 17.6 Å². The average Bonchev–Trinajstić information content (AvgIpc) is 2.28. The second-order valence-electron chi connectivity index (χ2n) is 3.11. The van der Waals surface area contributed by atoms with E-state index in [0.29, 0.717) is 15.9 Å². The van der Waals surface area contributed by atoms with Crippen molar-refractivity contribution in [2.24, 2.45) is 0 Å². The van der Waals surface area contributed by atoms with Crippen molar-refractivity contribution in [1.82, 2.24) is 4.98 Å². The molecule has 0 bridgehead atoms. The second kappa shape index (κ2) is 3.95. The Kier molecular flexibility index (Phi) is 2.63. The number of aromatic nitrogens is 1. The van der Waals surface area contributed by atoms with Crippen molar-refractivity contribution < 1.29 is 9.13 Å². The van der Waals surface area contributed by atoms with Crippen LogP contribution < -0.4 is 4.74 Å². The van der Waals surface area contributed by atoms with Crippen LogP contribution in [0.1, 0.15) is 5.69 Å². The van der Waals surface area contributed by atoms with E-state index in [1.807, 2.05) is 6.07 Å². The standard InChI is InChI=1S/C11H6ClFN2O/c1-16-11-3-7-8(12)2-6(5-14)15-10(7)4-9(11)13/h2-4H,1H3. The van der Waals surface area contributed by atoms with Crippen LogP contribution in [0.25, 0.3) is 10.9 Å². The Morgan fingerprint density at radius 1 is 1.44 bits per heavy atom. The molecule has 0 fully saturated rings. The molecular weight excluding hydrogens is 231 g/mol. The summed E-state index contributed by atoms with van der Waals surface area (Å²) >= 11 is 5.95. The Morgan fingerprint density at radius 2 is 2.19 bits per heavy atom. The van der Waals surface area contributed by atoms with Crippen LogP contribution in [0.5, 0.6) is 5.75 Å². The molecule has 0 N–H and O–H groups in total. The fourth-order valence-electron chi connectivity index (χ4n) is 1.40. The largest absolute Gasteiger partial charge is 0.494 e. The number of nitrogens with zero attached hydrogens (tertiary/aromatic N) is 2. The first kappa shape index (κ1) is 10.7. The van der Waals surface area contributed by atoms with Crippen molar-refractivity contribution in [1.29, 1.82) is 5.26 Å². The van der Waals surface area contributed by atoms with Crippen molar-refractivity contribution in [2.75, 3.05) is 7.11 Å². The Balaban J connectivity index is 2.81. The van der Waals surface area contributed by atoms with Gasteiger partial charge in [0.15, 0.2) is 11.6 Å². The van der Waals surface area contributed by atoms with E-state index in [1.165, 1.54) is 25.3 Å². The molecule has 3 nitrogen and oxygen atoms in total. The second-order valence-corrected chi connectivity index (χ2v) is 3.51. The van der Waals surface area contributed by atoms with Gasteiger partial charge in [-0.25, -0.2) is 9.37 Å². The Bertz CT molecular complexity index is 607. The Labute approximate surface area is 96.0 Å². The van der Waals surface area contributed by atoms with E-state index in [0.717, 1.165) is 0 Å². The lowest BCUT2D eigenvalue weighted by atomic mass is 10.2. The van der Waals surface area contributed by atoms with Gasteiger partial charge in [0.2, 0.25) is 0 Å². The Morgan fingerprint density at radius 3 is 2.81 bits per heavy atom. The van der Waals surface area contributed by atoms with Gasteiger partial charge < -0.3 is 4.74 Å². The number of ether oxygens (including phenoxy) is 1. The topological polar surface area (TPSA) is 45.9 Å². The lowest BCUT2D eigenvalue weighted by molar-refractivity contribution is 0.387. The first-order valence-electron chi connectivity index (χ1n) is 4.39. The van der Waals surface area contributed by atoms with Crippen LogP contribution in [0, 0.1) is 17.1 Å². The lowest BCUT2D eigenvalue weighted by Gasteiger charge is -2.05. The summed E-state index contributed by atoms with van der Waals surface area (Å²) in [5, 5.41) is 9.60. The molecule has 2 rings (SSSR count). The van der Waals surface area contributed by atoms with Crippen molar-refractivity contribution in [3.63, 3.8) is 0 Å². The molecule has 1 aromatic carbocycles. The molecule has 0 radical (unpaired) electrons. The molecule has 0 saturated carbocycles. The van der Waals surface area contributed by atoms with Crippen LogP contribution in [0.3, 0.4) is 0 Å². The molecule has 0 amide bonds. The molecule has 0 aliphatic rings. The summed E-state index contributed by atoms with van der Waals surface area (Å²) in [6.07, 6.45) is 0. The number of rotatable bonds is 1. The quantitative estimate of drug-likeness (QED) is 0.765. The van der Waals surface area contributed by atoms with E-state index < -0.39 is 5.82 Å². The smallest absolute Gasteiger partial charge is 0.167 e. The van der Waals surface area contributed by atoms with E-state index in [2.05, 4.69) is 4.98 Å². The average molecular weight is 237 g/mol. The van der Waals surface area contributed by atoms with Gasteiger partial charge in [0, 0.05) is 11.5 Å². The van der Waals surface area contributed by atoms with Gasteiger partial charge >= 0.3 is 0 Å². The van der Waals surface area contributed by atoms with Crippen molar-refractivity contribution in [3.05, 3.63) is 34.7 Å². The van der Waals surface area contributed by atoms with Gasteiger partial charge in [-0.1, -0.05) is 11.6 Å². The van der Waals surface area contributed by atoms with Crippen LogP contribution in [0.4, 0.5) is 4.39 Å². The van der Waals surface area contributed by atoms with Crippen LogP contribution in [0.2, 0.25) is 5.02 Å². The molecule has 0 unspecified atom stereocenters. The molecule has 16 heavy (non-hydrogen) atoms. The molecule has 5 heteroatoms. The molecule has 0 saturated heterocycles. The summed E-state index contributed by atoms with van der Waals surface area (Å²) in [5.74, 6) is -0.436. The van der Waals surface area contributed by atoms with Crippen molar-refractivity contribution >= 4 is 22.5 Å². The summed E-state index contributed by atoms with van der Waals surface area (Å²) in [6.45, 7) is 0. The summed E-state index contributed by atoms with van der Waals surface area (Å²) in [5.41, 5.74) is 0.490. The minimum Gasteiger partial charge on any atom is -0.494 e. The predicted octanol–water partition coefficient (Wildman–Crippen LogP) is 2.91. The molecule has 2 aromatic rings. The number of fused-ring (bicyclic) bond motifs is 1. The summed E-state index contributed by atoms with van der Waals surface area (Å²) in [4.78, 5) is 3.95. The maximum Gasteiger partial charge on any atom is 0.167 e. The maximum absolute atomic E-state index is 13.4. The van der Waals surface area contributed by atoms with Crippen molar-refractivity contribution in [2.45, 2.75) is 0 Å². The highest BCUT2D eigenvalue weighted by Gasteiger charge is 2.09.